The van der Waals surface area contributed by atoms with E-state index < -0.39 is 27.6 Å². The zero-order valence-electron chi connectivity index (χ0n) is 18.3. The van der Waals surface area contributed by atoms with Crippen molar-refractivity contribution in [2.45, 2.75) is 50.7 Å². The lowest BCUT2D eigenvalue weighted by Gasteiger charge is -2.32. The first-order chi connectivity index (χ1) is 13.9. The molecule has 0 aliphatic carbocycles. The summed E-state index contributed by atoms with van der Waals surface area (Å²) in [6, 6.07) is 6.00. The molecule has 2 aliphatic rings. The highest BCUT2D eigenvalue weighted by molar-refractivity contribution is 7.89. The first-order valence-corrected chi connectivity index (χ1v) is 11.6. The Morgan fingerprint density at radius 1 is 1.13 bits per heavy atom. The van der Waals surface area contributed by atoms with Crippen LogP contribution in [0, 0.1) is 5.41 Å². The molecule has 166 valence electrons. The monoisotopic (exact) mass is 437 g/mol. The van der Waals surface area contributed by atoms with Gasteiger partial charge in [-0.1, -0.05) is 32.9 Å². The van der Waals surface area contributed by atoms with Crippen molar-refractivity contribution in [1.82, 2.24) is 14.1 Å². The normalized spacial score (nSPS) is 24.0. The van der Waals surface area contributed by atoms with E-state index in [0.29, 0.717) is 31.7 Å². The van der Waals surface area contributed by atoms with Crippen LogP contribution in [0.1, 0.15) is 33.6 Å². The molecule has 1 aromatic carbocycles. The lowest BCUT2D eigenvalue weighted by Crippen LogP contribution is -2.50. The first kappa shape index (κ1) is 22.6. The predicted molar refractivity (Wildman–Crippen MR) is 113 cm³/mol. The summed E-state index contributed by atoms with van der Waals surface area (Å²) in [6.07, 6.45) is 0.444. The van der Waals surface area contributed by atoms with Gasteiger partial charge in [0.15, 0.2) is 0 Å². The number of hydrogen-bond acceptors (Lipinski definition) is 5. The molecule has 2 heterocycles. The standard InChI is InChI=1S/C21H31N3O5S/c1-21(2,3)20(26)23-12-10-15-16(11-13-23)29-17-8-6-7-9-18(17)30(27,28)24(15)14-19(25)22(4)5/h6-9,15-16H,10-14H2,1-5H3/t15-,16-/m0/s1. The predicted octanol–water partition coefficient (Wildman–Crippen LogP) is 1.56. The highest BCUT2D eigenvalue weighted by atomic mass is 32.2. The first-order valence-electron chi connectivity index (χ1n) is 10.2. The number of rotatable bonds is 2. The Morgan fingerprint density at radius 3 is 2.40 bits per heavy atom. The largest absolute Gasteiger partial charge is 0.487 e. The van der Waals surface area contributed by atoms with Crippen LogP contribution in [0.5, 0.6) is 5.75 Å². The number of benzene rings is 1. The van der Waals surface area contributed by atoms with Gasteiger partial charge in [-0.05, 0) is 18.6 Å². The Morgan fingerprint density at radius 2 is 1.77 bits per heavy atom. The van der Waals surface area contributed by atoms with Crippen LogP contribution in [-0.4, -0.2) is 80.2 Å². The van der Waals surface area contributed by atoms with E-state index in [1.807, 2.05) is 20.8 Å². The molecular weight excluding hydrogens is 406 g/mol. The third-order valence-electron chi connectivity index (χ3n) is 5.61. The van der Waals surface area contributed by atoms with E-state index in [1.165, 1.54) is 15.3 Å². The minimum Gasteiger partial charge on any atom is -0.487 e. The van der Waals surface area contributed by atoms with Gasteiger partial charge in [0.2, 0.25) is 21.8 Å². The van der Waals surface area contributed by atoms with Crippen LogP contribution < -0.4 is 4.74 Å². The second-order valence-corrected chi connectivity index (χ2v) is 11.0. The summed E-state index contributed by atoms with van der Waals surface area (Å²) < 4.78 is 34.5. The lowest BCUT2D eigenvalue weighted by molar-refractivity contribution is -0.139. The highest BCUT2D eigenvalue weighted by Gasteiger charge is 2.45. The smallest absolute Gasteiger partial charge is 0.247 e. The van der Waals surface area contributed by atoms with Crippen molar-refractivity contribution in [1.29, 1.82) is 0 Å². The van der Waals surface area contributed by atoms with Crippen LogP contribution in [0.25, 0.3) is 0 Å². The van der Waals surface area contributed by atoms with Crippen LogP contribution in [0.2, 0.25) is 0 Å². The molecule has 0 unspecified atom stereocenters. The van der Waals surface area contributed by atoms with Gasteiger partial charge in [-0.15, -0.1) is 0 Å². The molecule has 0 bridgehead atoms. The molecule has 30 heavy (non-hydrogen) atoms. The number of carbonyl (C=O) groups excluding carboxylic acids is 2. The van der Waals surface area contributed by atoms with Gasteiger partial charge in [0.25, 0.3) is 0 Å². The summed E-state index contributed by atoms with van der Waals surface area (Å²) in [4.78, 5) is 28.6. The summed E-state index contributed by atoms with van der Waals surface area (Å²) in [5.41, 5.74) is -0.521. The van der Waals surface area contributed by atoms with Crippen molar-refractivity contribution in [2.24, 2.45) is 5.41 Å². The molecular formula is C21H31N3O5S. The number of ether oxygens (including phenoxy) is 1. The van der Waals surface area contributed by atoms with Crippen LogP contribution in [-0.2, 0) is 19.6 Å². The summed E-state index contributed by atoms with van der Waals surface area (Å²) in [5.74, 6) is 0.0182. The van der Waals surface area contributed by atoms with Crippen molar-refractivity contribution < 1.29 is 22.7 Å². The van der Waals surface area contributed by atoms with E-state index in [0.717, 1.165) is 0 Å². The molecule has 0 aromatic heterocycles. The van der Waals surface area contributed by atoms with Crippen LogP contribution in [0.4, 0.5) is 0 Å². The SMILES string of the molecule is CN(C)C(=O)CN1[C@H]2CCN(C(=O)C(C)(C)C)CC[C@@H]2Oc2ccccc2S1(=O)=O. The maximum atomic E-state index is 13.5. The molecule has 3 rings (SSSR count). The molecule has 8 nitrogen and oxygen atoms in total. The number of fused-ring (bicyclic) bond motifs is 2. The third kappa shape index (κ3) is 4.32. The van der Waals surface area contributed by atoms with Gasteiger partial charge in [0.05, 0.1) is 12.6 Å². The van der Waals surface area contributed by atoms with Crippen LogP contribution >= 0.6 is 0 Å². The zero-order valence-corrected chi connectivity index (χ0v) is 19.1. The number of hydrogen-bond donors (Lipinski definition) is 0. The number of likely N-dealkylation sites (N-methyl/N-ethyl adjacent to an activating group) is 1. The van der Waals surface area contributed by atoms with Crippen LogP contribution in [0.3, 0.4) is 0 Å². The molecule has 1 fully saturated rings. The molecule has 2 atom stereocenters. The summed E-state index contributed by atoms with van der Waals surface area (Å²) in [5, 5.41) is 0. The van der Waals surface area contributed by atoms with Gasteiger partial charge in [0, 0.05) is 39.0 Å². The van der Waals surface area contributed by atoms with Gasteiger partial charge in [-0.25, -0.2) is 8.42 Å². The number of amides is 2. The summed E-state index contributed by atoms with van der Waals surface area (Å²) >= 11 is 0. The van der Waals surface area contributed by atoms with E-state index in [-0.39, 0.29) is 23.3 Å². The van der Waals surface area contributed by atoms with Crippen molar-refractivity contribution in [3.05, 3.63) is 24.3 Å². The van der Waals surface area contributed by atoms with Crippen molar-refractivity contribution in [2.75, 3.05) is 33.7 Å². The minimum absolute atomic E-state index is 0.0261. The number of nitrogens with zero attached hydrogens (tertiary/aromatic N) is 3. The number of likely N-dealkylation sites (tertiary alicyclic amines) is 1. The highest BCUT2D eigenvalue weighted by Crippen LogP contribution is 2.36. The molecule has 2 aliphatic heterocycles. The second-order valence-electron chi connectivity index (χ2n) is 9.13. The third-order valence-corrected chi connectivity index (χ3v) is 7.52. The number of para-hydroxylation sites is 1. The summed E-state index contributed by atoms with van der Waals surface area (Å²) in [7, 11) is -0.738. The zero-order chi connectivity index (χ0) is 22.3. The Bertz CT molecular complexity index is 923. The van der Waals surface area contributed by atoms with Gasteiger partial charge >= 0.3 is 0 Å². The molecule has 2 amide bonds. The minimum atomic E-state index is -3.94. The van der Waals surface area contributed by atoms with Crippen molar-refractivity contribution in [3.8, 4) is 5.75 Å². The fourth-order valence-electron chi connectivity index (χ4n) is 3.91. The van der Waals surface area contributed by atoms with Crippen molar-refractivity contribution in [3.63, 3.8) is 0 Å². The average Bonchev–Trinajstić information content (AvgIpc) is 2.90. The molecule has 1 saturated heterocycles. The van der Waals surface area contributed by atoms with E-state index in [9.17, 15) is 18.0 Å². The lowest BCUT2D eigenvalue weighted by atomic mass is 9.94. The quantitative estimate of drug-likeness (QED) is 0.701. The Hall–Kier alpha value is -2.13. The summed E-state index contributed by atoms with van der Waals surface area (Å²) in [6.45, 7) is 6.25. The van der Waals surface area contributed by atoms with Crippen LogP contribution in [0.15, 0.2) is 29.2 Å². The average molecular weight is 438 g/mol. The van der Waals surface area contributed by atoms with E-state index in [1.54, 1.807) is 37.2 Å². The van der Waals surface area contributed by atoms with E-state index in [2.05, 4.69) is 0 Å². The molecule has 0 spiro atoms. The van der Waals surface area contributed by atoms with Gasteiger partial charge in [-0.2, -0.15) is 4.31 Å². The van der Waals surface area contributed by atoms with E-state index in [4.69, 9.17) is 4.74 Å². The molecule has 1 aromatic rings. The maximum absolute atomic E-state index is 13.5. The molecule has 0 N–H and O–H groups in total. The molecule has 9 heteroatoms. The second kappa shape index (κ2) is 8.19. The Kier molecular flexibility index (Phi) is 6.15. The fraction of sp³-hybridized carbons (Fsp3) is 0.619. The topological polar surface area (TPSA) is 87.2 Å². The molecule has 0 saturated carbocycles. The Balaban J connectivity index is 2.01. The van der Waals surface area contributed by atoms with Gasteiger partial charge < -0.3 is 14.5 Å². The number of carbonyl (C=O) groups is 2. The number of sulfonamides is 1. The Labute approximate surface area is 178 Å². The van der Waals surface area contributed by atoms with Gasteiger partial charge in [0.1, 0.15) is 16.7 Å². The fourth-order valence-corrected chi connectivity index (χ4v) is 5.66. The molecule has 0 radical (unpaired) electrons. The van der Waals surface area contributed by atoms with E-state index >= 15 is 0 Å². The van der Waals surface area contributed by atoms with Crippen molar-refractivity contribution >= 4 is 21.8 Å². The van der Waals surface area contributed by atoms with Gasteiger partial charge in [-0.3, -0.25) is 9.59 Å². The maximum Gasteiger partial charge on any atom is 0.247 e.